The van der Waals surface area contributed by atoms with Crippen LogP contribution >= 0.6 is 50.7 Å². The summed E-state index contributed by atoms with van der Waals surface area (Å²) in [7, 11) is 1.65. The normalized spacial score (nSPS) is 20.7. The Labute approximate surface area is 216 Å². The van der Waals surface area contributed by atoms with Crippen molar-refractivity contribution in [3.05, 3.63) is 96.9 Å². The van der Waals surface area contributed by atoms with Gasteiger partial charge in [0.1, 0.15) is 6.61 Å². The van der Waals surface area contributed by atoms with Crippen molar-refractivity contribution in [3.63, 3.8) is 0 Å². The summed E-state index contributed by atoms with van der Waals surface area (Å²) in [6.07, 6.45) is 5.47. The first-order chi connectivity index (χ1) is 16.0. The van der Waals surface area contributed by atoms with Crippen LogP contribution < -0.4 is 14.8 Å². The van der Waals surface area contributed by atoms with Crippen LogP contribution in [-0.2, 0) is 6.61 Å². The zero-order valence-electron chi connectivity index (χ0n) is 17.7. The lowest BCUT2D eigenvalue weighted by atomic mass is 9.77. The second-order valence-electron chi connectivity index (χ2n) is 8.24. The van der Waals surface area contributed by atoms with Gasteiger partial charge in [-0.1, -0.05) is 65.2 Å². The molecule has 1 aliphatic carbocycles. The van der Waals surface area contributed by atoms with Crippen LogP contribution in [0.2, 0.25) is 15.1 Å². The molecule has 3 atom stereocenters. The Morgan fingerprint density at radius 2 is 1.88 bits per heavy atom. The smallest absolute Gasteiger partial charge is 0.175 e. The van der Waals surface area contributed by atoms with Crippen molar-refractivity contribution < 1.29 is 9.47 Å². The summed E-state index contributed by atoms with van der Waals surface area (Å²) in [5.41, 5.74) is 4.09. The van der Waals surface area contributed by atoms with Gasteiger partial charge in [0.05, 0.1) is 28.3 Å². The monoisotopic (exact) mass is 563 g/mol. The number of fused-ring (bicyclic) bond motifs is 3. The fourth-order valence-corrected chi connectivity index (χ4v) is 6.10. The van der Waals surface area contributed by atoms with Crippen molar-refractivity contribution in [3.8, 4) is 11.5 Å². The Balaban J connectivity index is 1.48. The summed E-state index contributed by atoms with van der Waals surface area (Å²) in [6, 6.07) is 15.6. The second kappa shape index (κ2) is 9.42. The summed E-state index contributed by atoms with van der Waals surface area (Å²) in [5.74, 6) is 1.90. The van der Waals surface area contributed by atoms with Gasteiger partial charge in [-0.3, -0.25) is 0 Å². The molecule has 0 spiro atoms. The Morgan fingerprint density at radius 1 is 1.06 bits per heavy atom. The first-order valence-electron chi connectivity index (χ1n) is 10.6. The Hall–Kier alpha value is -1.85. The minimum atomic E-state index is 0.0546. The first-order valence-corrected chi connectivity index (χ1v) is 12.5. The topological polar surface area (TPSA) is 30.5 Å². The second-order valence-corrected chi connectivity index (χ2v) is 10.3. The summed E-state index contributed by atoms with van der Waals surface area (Å²) in [6.45, 7) is 0.341. The maximum absolute atomic E-state index is 6.58. The molecule has 0 fully saturated rings. The van der Waals surface area contributed by atoms with Crippen LogP contribution in [0.4, 0.5) is 5.69 Å². The van der Waals surface area contributed by atoms with Gasteiger partial charge in [-0.05, 0) is 69.7 Å². The molecule has 0 bridgehead atoms. The highest BCUT2D eigenvalue weighted by Gasteiger charge is 2.39. The van der Waals surface area contributed by atoms with E-state index in [1.807, 2.05) is 36.4 Å². The highest BCUT2D eigenvalue weighted by Crippen LogP contribution is 2.53. The van der Waals surface area contributed by atoms with Gasteiger partial charge in [0.25, 0.3) is 0 Å². The number of anilines is 1. The number of hydrogen-bond donors (Lipinski definition) is 1. The van der Waals surface area contributed by atoms with Crippen LogP contribution in [0, 0.1) is 5.92 Å². The van der Waals surface area contributed by atoms with E-state index in [4.69, 9.17) is 44.3 Å². The molecule has 0 aromatic heterocycles. The maximum atomic E-state index is 6.58. The van der Waals surface area contributed by atoms with Gasteiger partial charge in [-0.2, -0.15) is 0 Å². The first kappa shape index (κ1) is 22.9. The maximum Gasteiger partial charge on any atom is 0.175 e. The van der Waals surface area contributed by atoms with E-state index in [-0.39, 0.29) is 12.0 Å². The third-order valence-electron chi connectivity index (χ3n) is 6.33. The van der Waals surface area contributed by atoms with Crippen molar-refractivity contribution >= 4 is 56.4 Å². The molecule has 0 saturated carbocycles. The van der Waals surface area contributed by atoms with Gasteiger partial charge >= 0.3 is 0 Å². The van der Waals surface area contributed by atoms with Crippen LogP contribution in [0.15, 0.2) is 65.2 Å². The zero-order valence-corrected chi connectivity index (χ0v) is 21.6. The third-order valence-corrected chi connectivity index (χ3v) is 7.80. The fourth-order valence-electron chi connectivity index (χ4n) is 4.78. The summed E-state index contributed by atoms with van der Waals surface area (Å²) in [5, 5.41) is 5.64. The SMILES string of the molecule is COc1cc([C@@H]2Nc3c(Cl)cc(Cl)cc3[C@H]3C=CC[C@H]32)cc(Br)c1OCc1ccccc1Cl. The minimum Gasteiger partial charge on any atom is -0.493 e. The quantitative estimate of drug-likeness (QED) is 0.314. The number of rotatable bonds is 5. The molecule has 3 aromatic carbocycles. The number of methoxy groups -OCH3 is 1. The predicted molar refractivity (Wildman–Crippen MR) is 139 cm³/mol. The van der Waals surface area contributed by atoms with E-state index in [9.17, 15) is 0 Å². The van der Waals surface area contributed by atoms with Crippen molar-refractivity contribution in [1.29, 1.82) is 0 Å². The number of ether oxygens (including phenoxy) is 2. The minimum absolute atomic E-state index is 0.0546. The van der Waals surface area contributed by atoms with Crippen LogP contribution in [0.3, 0.4) is 0 Å². The van der Waals surface area contributed by atoms with E-state index in [0.717, 1.165) is 33.3 Å². The number of halogens is 4. The summed E-state index contributed by atoms with van der Waals surface area (Å²) < 4.78 is 12.7. The molecule has 1 N–H and O–H groups in total. The van der Waals surface area contributed by atoms with E-state index >= 15 is 0 Å². The standard InChI is InChI=1S/C26H21BrCl3NO2/c1-32-23-10-15(9-20(27)26(23)33-13-14-5-2-3-8-21(14)29)24-18-7-4-6-17(18)19-11-16(28)12-22(30)25(19)31-24/h2-6,8-12,17-18,24,31H,7,13H2,1H3/t17-,18+,24-/m0/s1. The molecule has 0 unspecified atom stereocenters. The van der Waals surface area contributed by atoms with Crippen molar-refractivity contribution in [2.75, 3.05) is 12.4 Å². The Morgan fingerprint density at radius 3 is 2.67 bits per heavy atom. The molecule has 0 radical (unpaired) electrons. The third kappa shape index (κ3) is 4.35. The number of allylic oxidation sites excluding steroid dienone is 2. The molecular formula is C26H21BrCl3NO2. The van der Waals surface area contributed by atoms with Crippen LogP contribution in [-0.4, -0.2) is 7.11 Å². The molecular weight excluding hydrogens is 545 g/mol. The molecule has 0 amide bonds. The molecule has 5 rings (SSSR count). The van der Waals surface area contributed by atoms with Gasteiger partial charge < -0.3 is 14.8 Å². The van der Waals surface area contributed by atoms with Gasteiger partial charge in [-0.25, -0.2) is 0 Å². The summed E-state index contributed by atoms with van der Waals surface area (Å²) in [4.78, 5) is 0. The van der Waals surface area contributed by atoms with Crippen molar-refractivity contribution in [2.24, 2.45) is 5.92 Å². The zero-order chi connectivity index (χ0) is 23.1. The predicted octanol–water partition coefficient (Wildman–Crippen LogP) is 8.82. The van der Waals surface area contributed by atoms with Crippen LogP contribution in [0.25, 0.3) is 0 Å². The van der Waals surface area contributed by atoms with E-state index in [0.29, 0.717) is 39.1 Å². The molecule has 1 aliphatic heterocycles. The molecule has 3 aromatic rings. The van der Waals surface area contributed by atoms with Gasteiger partial charge in [0.2, 0.25) is 0 Å². The molecule has 3 nitrogen and oxygen atoms in total. The van der Waals surface area contributed by atoms with Crippen LogP contribution in [0.5, 0.6) is 11.5 Å². The van der Waals surface area contributed by atoms with Gasteiger partial charge in [-0.15, -0.1) is 0 Å². The lowest BCUT2D eigenvalue weighted by molar-refractivity contribution is 0.282. The molecule has 2 aliphatic rings. The molecule has 170 valence electrons. The number of nitrogens with one attached hydrogen (secondary N) is 1. The van der Waals surface area contributed by atoms with Crippen molar-refractivity contribution in [1.82, 2.24) is 0 Å². The molecule has 1 heterocycles. The number of hydrogen-bond acceptors (Lipinski definition) is 3. The largest absolute Gasteiger partial charge is 0.493 e. The fraction of sp³-hybridized carbons (Fsp3) is 0.231. The van der Waals surface area contributed by atoms with E-state index in [1.165, 1.54) is 0 Å². The van der Waals surface area contributed by atoms with E-state index < -0.39 is 0 Å². The molecule has 33 heavy (non-hydrogen) atoms. The molecule has 0 saturated heterocycles. The van der Waals surface area contributed by atoms with E-state index in [2.05, 4.69) is 39.5 Å². The number of benzene rings is 3. The Kier molecular flexibility index (Phi) is 6.54. The highest BCUT2D eigenvalue weighted by molar-refractivity contribution is 9.10. The summed E-state index contributed by atoms with van der Waals surface area (Å²) >= 11 is 22.9. The van der Waals surface area contributed by atoms with Gasteiger partial charge in [0, 0.05) is 21.5 Å². The highest BCUT2D eigenvalue weighted by atomic mass is 79.9. The average molecular weight is 566 g/mol. The lowest BCUT2D eigenvalue weighted by Crippen LogP contribution is -2.29. The lowest BCUT2D eigenvalue weighted by Gasteiger charge is -2.38. The van der Waals surface area contributed by atoms with Crippen LogP contribution in [0.1, 0.15) is 35.1 Å². The Bertz CT molecular complexity index is 1250. The van der Waals surface area contributed by atoms with Crippen molar-refractivity contribution in [2.45, 2.75) is 25.0 Å². The average Bonchev–Trinajstić information content (AvgIpc) is 3.29. The van der Waals surface area contributed by atoms with Gasteiger partial charge in [0.15, 0.2) is 11.5 Å². The molecule has 7 heteroatoms. The van der Waals surface area contributed by atoms with E-state index in [1.54, 1.807) is 13.2 Å².